The van der Waals surface area contributed by atoms with Crippen LogP contribution in [0.3, 0.4) is 0 Å². The summed E-state index contributed by atoms with van der Waals surface area (Å²) < 4.78 is 0. The highest BCUT2D eigenvalue weighted by Gasteiger charge is 2.26. The van der Waals surface area contributed by atoms with Crippen LogP contribution >= 0.6 is 11.3 Å². The summed E-state index contributed by atoms with van der Waals surface area (Å²) in [4.78, 5) is 21.1. The van der Waals surface area contributed by atoms with Crippen LogP contribution in [-0.4, -0.2) is 60.0 Å². The van der Waals surface area contributed by atoms with Gasteiger partial charge in [0.25, 0.3) is 0 Å². The van der Waals surface area contributed by atoms with Crippen molar-refractivity contribution in [1.29, 1.82) is 0 Å². The molecular weight excluding hydrogens is 272 g/mol. The molecule has 6 heteroatoms. The van der Waals surface area contributed by atoms with Gasteiger partial charge in [-0.2, -0.15) is 0 Å². The van der Waals surface area contributed by atoms with Gasteiger partial charge in [0.2, 0.25) is 5.91 Å². The second-order valence-electron chi connectivity index (χ2n) is 5.74. The molecule has 2 fully saturated rings. The lowest BCUT2D eigenvalue weighted by molar-refractivity contribution is -0.134. The van der Waals surface area contributed by atoms with Crippen molar-refractivity contribution in [2.24, 2.45) is 5.92 Å². The van der Waals surface area contributed by atoms with E-state index in [1.807, 2.05) is 11.8 Å². The van der Waals surface area contributed by atoms with E-state index in [0.717, 1.165) is 62.9 Å². The Morgan fingerprint density at radius 3 is 2.70 bits per heavy atom. The molecule has 0 unspecified atom stereocenters. The first-order chi connectivity index (χ1) is 9.70. The standard InChI is InChI=1S/C14H22N4OS/c1-11-16-13(10-20-11)9-17-2-4-18(5-3-17)14(19)6-12-7-15-8-12/h10,12,15H,2-9H2,1H3. The van der Waals surface area contributed by atoms with Gasteiger partial charge >= 0.3 is 0 Å². The van der Waals surface area contributed by atoms with Crippen LogP contribution in [0, 0.1) is 12.8 Å². The van der Waals surface area contributed by atoms with Gasteiger partial charge in [-0.3, -0.25) is 9.69 Å². The molecule has 3 rings (SSSR count). The number of amides is 1. The maximum Gasteiger partial charge on any atom is 0.223 e. The van der Waals surface area contributed by atoms with Gasteiger partial charge in [-0.25, -0.2) is 4.98 Å². The van der Waals surface area contributed by atoms with Crippen LogP contribution in [0.4, 0.5) is 0 Å². The largest absolute Gasteiger partial charge is 0.340 e. The molecule has 3 heterocycles. The number of thiazole rings is 1. The van der Waals surface area contributed by atoms with Crippen molar-refractivity contribution in [3.05, 3.63) is 16.1 Å². The van der Waals surface area contributed by atoms with Crippen molar-refractivity contribution in [2.75, 3.05) is 39.3 Å². The average Bonchev–Trinajstić information content (AvgIpc) is 2.80. The Morgan fingerprint density at radius 1 is 1.40 bits per heavy atom. The second-order valence-corrected chi connectivity index (χ2v) is 6.81. The molecule has 2 saturated heterocycles. The van der Waals surface area contributed by atoms with E-state index < -0.39 is 0 Å². The summed E-state index contributed by atoms with van der Waals surface area (Å²) >= 11 is 1.71. The van der Waals surface area contributed by atoms with Gasteiger partial charge in [0, 0.05) is 44.5 Å². The first kappa shape index (κ1) is 14.0. The number of nitrogens with one attached hydrogen (secondary N) is 1. The monoisotopic (exact) mass is 294 g/mol. The molecule has 2 aliphatic rings. The number of rotatable bonds is 4. The highest BCUT2D eigenvalue weighted by molar-refractivity contribution is 7.09. The van der Waals surface area contributed by atoms with Crippen LogP contribution < -0.4 is 5.32 Å². The predicted octanol–water partition coefficient (Wildman–Crippen LogP) is 0.705. The van der Waals surface area contributed by atoms with Crippen LogP contribution in [0.5, 0.6) is 0 Å². The van der Waals surface area contributed by atoms with Gasteiger partial charge in [-0.1, -0.05) is 0 Å². The molecule has 0 atom stereocenters. The van der Waals surface area contributed by atoms with E-state index >= 15 is 0 Å². The number of nitrogens with zero attached hydrogens (tertiary/aromatic N) is 3. The van der Waals surface area contributed by atoms with Gasteiger partial charge in [0.05, 0.1) is 10.7 Å². The molecule has 2 aliphatic heterocycles. The van der Waals surface area contributed by atoms with Crippen LogP contribution in [0.1, 0.15) is 17.1 Å². The molecule has 1 aromatic heterocycles. The molecule has 110 valence electrons. The first-order valence-corrected chi connectivity index (χ1v) is 8.20. The van der Waals surface area contributed by atoms with Crippen LogP contribution in [0.25, 0.3) is 0 Å². The van der Waals surface area contributed by atoms with Crippen molar-refractivity contribution in [2.45, 2.75) is 19.9 Å². The third kappa shape index (κ3) is 3.37. The third-order valence-corrected chi connectivity index (χ3v) is 4.93. The maximum absolute atomic E-state index is 12.1. The van der Waals surface area contributed by atoms with E-state index in [2.05, 4.69) is 20.6 Å². The molecule has 20 heavy (non-hydrogen) atoms. The Kier molecular flexibility index (Phi) is 4.33. The van der Waals surface area contributed by atoms with Gasteiger partial charge in [0.1, 0.15) is 0 Å². The molecule has 1 amide bonds. The van der Waals surface area contributed by atoms with Crippen LogP contribution in [0.2, 0.25) is 0 Å². The summed E-state index contributed by atoms with van der Waals surface area (Å²) in [5, 5.41) is 6.48. The number of carbonyl (C=O) groups excluding carboxylic acids is 1. The minimum Gasteiger partial charge on any atom is -0.340 e. The lowest BCUT2D eigenvalue weighted by atomic mass is 9.98. The van der Waals surface area contributed by atoms with Crippen molar-refractivity contribution >= 4 is 17.2 Å². The fourth-order valence-corrected chi connectivity index (χ4v) is 3.34. The van der Waals surface area contributed by atoms with Gasteiger partial charge in [-0.15, -0.1) is 11.3 Å². The Morgan fingerprint density at radius 2 is 2.15 bits per heavy atom. The molecule has 0 spiro atoms. The summed E-state index contributed by atoms with van der Waals surface area (Å²) in [6.45, 7) is 8.63. The Balaban J connectivity index is 1.43. The fraction of sp³-hybridized carbons (Fsp3) is 0.714. The van der Waals surface area contributed by atoms with E-state index in [1.54, 1.807) is 11.3 Å². The van der Waals surface area contributed by atoms with Gasteiger partial charge in [0.15, 0.2) is 0 Å². The summed E-state index contributed by atoms with van der Waals surface area (Å²) in [7, 11) is 0. The van der Waals surface area contributed by atoms with Crippen molar-refractivity contribution < 1.29 is 4.79 Å². The molecule has 0 aromatic carbocycles. The minimum atomic E-state index is 0.334. The van der Waals surface area contributed by atoms with Crippen molar-refractivity contribution in [1.82, 2.24) is 20.1 Å². The zero-order valence-electron chi connectivity index (χ0n) is 12.0. The number of aromatic nitrogens is 1. The number of hydrogen-bond donors (Lipinski definition) is 1. The summed E-state index contributed by atoms with van der Waals surface area (Å²) in [6, 6.07) is 0. The Labute approximate surface area is 124 Å². The highest BCUT2D eigenvalue weighted by atomic mass is 32.1. The fourth-order valence-electron chi connectivity index (χ4n) is 2.73. The van der Waals surface area contributed by atoms with Crippen LogP contribution in [0.15, 0.2) is 5.38 Å². The summed E-state index contributed by atoms with van der Waals surface area (Å²) in [5.41, 5.74) is 1.16. The van der Waals surface area contributed by atoms with Crippen molar-refractivity contribution in [3.8, 4) is 0 Å². The maximum atomic E-state index is 12.1. The molecule has 0 radical (unpaired) electrons. The zero-order chi connectivity index (χ0) is 13.9. The number of aryl methyl sites for hydroxylation is 1. The number of carbonyl (C=O) groups is 1. The predicted molar refractivity (Wildman–Crippen MR) is 79.7 cm³/mol. The average molecular weight is 294 g/mol. The topological polar surface area (TPSA) is 48.5 Å². The van der Waals surface area contributed by atoms with E-state index in [-0.39, 0.29) is 0 Å². The van der Waals surface area contributed by atoms with Gasteiger partial charge in [-0.05, 0) is 25.9 Å². The van der Waals surface area contributed by atoms with Crippen molar-refractivity contribution in [3.63, 3.8) is 0 Å². The normalized spacial score (nSPS) is 20.9. The SMILES string of the molecule is Cc1nc(CN2CCN(C(=O)CC3CNC3)CC2)cs1. The quantitative estimate of drug-likeness (QED) is 0.888. The van der Waals surface area contributed by atoms with E-state index in [1.165, 1.54) is 0 Å². The van der Waals surface area contributed by atoms with Crippen LogP contribution in [-0.2, 0) is 11.3 Å². The number of hydrogen-bond acceptors (Lipinski definition) is 5. The molecular formula is C14H22N4OS. The van der Waals surface area contributed by atoms with E-state index in [0.29, 0.717) is 11.8 Å². The minimum absolute atomic E-state index is 0.334. The molecule has 1 aromatic rings. The zero-order valence-corrected chi connectivity index (χ0v) is 12.8. The smallest absolute Gasteiger partial charge is 0.223 e. The Bertz CT molecular complexity index is 463. The third-order valence-electron chi connectivity index (χ3n) is 4.11. The Hall–Kier alpha value is -0.980. The molecule has 5 nitrogen and oxygen atoms in total. The van der Waals surface area contributed by atoms with E-state index in [4.69, 9.17) is 0 Å². The highest BCUT2D eigenvalue weighted by Crippen LogP contribution is 2.14. The summed E-state index contributed by atoms with van der Waals surface area (Å²) in [6.07, 6.45) is 0.721. The van der Waals surface area contributed by atoms with Gasteiger partial charge < -0.3 is 10.2 Å². The summed E-state index contributed by atoms with van der Waals surface area (Å²) in [5.74, 6) is 0.902. The lowest BCUT2D eigenvalue weighted by Gasteiger charge is -2.36. The molecule has 1 N–H and O–H groups in total. The van der Waals surface area contributed by atoms with E-state index in [9.17, 15) is 4.79 Å². The lowest BCUT2D eigenvalue weighted by Crippen LogP contribution is -2.50. The number of piperazine rings is 1. The molecule has 0 saturated carbocycles. The molecule has 0 bridgehead atoms. The second kappa shape index (κ2) is 6.20. The first-order valence-electron chi connectivity index (χ1n) is 7.32. The molecule has 0 aliphatic carbocycles.